The van der Waals surface area contributed by atoms with Crippen LogP contribution in [0, 0.1) is 6.92 Å². The van der Waals surface area contributed by atoms with Crippen molar-refractivity contribution < 1.29 is 9.90 Å². The van der Waals surface area contributed by atoms with Gasteiger partial charge in [0.15, 0.2) is 0 Å². The maximum Gasteiger partial charge on any atom is 0.250 e. The number of imidazole rings is 1. The number of nitrogens with zero attached hydrogens (tertiary/aromatic N) is 2. The second-order valence-electron chi connectivity index (χ2n) is 10.2. The molecule has 0 atom stereocenters. The SMILES string of the molecule is Cc1c(Cn2cnc3ccccc32)cccc1-c1ccc(C(N)=O)c2[nH]c3cc(C(C)(C)O)ccc3c12. The van der Waals surface area contributed by atoms with Gasteiger partial charge in [0, 0.05) is 22.8 Å². The third-order valence-corrected chi connectivity index (χ3v) is 7.33. The lowest BCUT2D eigenvalue weighted by Crippen LogP contribution is -2.14. The van der Waals surface area contributed by atoms with Crippen LogP contribution in [0.5, 0.6) is 0 Å². The fourth-order valence-corrected chi connectivity index (χ4v) is 5.29. The molecule has 6 heteroatoms. The van der Waals surface area contributed by atoms with Crippen LogP contribution < -0.4 is 5.73 Å². The molecule has 0 radical (unpaired) electrons. The second kappa shape index (κ2) is 8.32. The molecule has 2 heterocycles. The maximum absolute atomic E-state index is 12.3. The number of nitrogens with two attached hydrogens (primary N) is 1. The van der Waals surface area contributed by atoms with Crippen molar-refractivity contribution in [3.8, 4) is 11.1 Å². The lowest BCUT2D eigenvalue weighted by atomic mass is 9.91. The molecular weight excluding hydrogens is 460 g/mol. The quantitative estimate of drug-likeness (QED) is 0.277. The number of para-hydroxylation sites is 2. The molecule has 0 aliphatic heterocycles. The number of carbonyl (C=O) groups is 1. The minimum Gasteiger partial charge on any atom is -0.386 e. The molecule has 0 spiro atoms. The molecule has 1 amide bonds. The molecule has 0 aliphatic carbocycles. The van der Waals surface area contributed by atoms with Crippen LogP contribution in [-0.4, -0.2) is 25.5 Å². The zero-order valence-electron chi connectivity index (χ0n) is 21.0. The number of aliphatic hydroxyl groups is 1. The number of hydrogen-bond acceptors (Lipinski definition) is 3. The van der Waals surface area contributed by atoms with Crippen LogP contribution in [0.25, 0.3) is 44.0 Å². The van der Waals surface area contributed by atoms with Crippen molar-refractivity contribution in [3.63, 3.8) is 0 Å². The van der Waals surface area contributed by atoms with Crippen molar-refractivity contribution in [3.05, 3.63) is 101 Å². The third kappa shape index (κ3) is 3.77. The molecule has 0 bridgehead atoms. The Bertz CT molecular complexity index is 1840. The van der Waals surface area contributed by atoms with E-state index >= 15 is 0 Å². The maximum atomic E-state index is 12.3. The molecule has 0 saturated heterocycles. The molecular formula is C31H28N4O2. The molecule has 184 valence electrons. The largest absolute Gasteiger partial charge is 0.386 e. The van der Waals surface area contributed by atoms with E-state index in [1.807, 2.05) is 48.8 Å². The zero-order chi connectivity index (χ0) is 25.9. The van der Waals surface area contributed by atoms with Crippen LogP contribution in [0.3, 0.4) is 0 Å². The van der Waals surface area contributed by atoms with E-state index in [1.165, 1.54) is 5.56 Å². The van der Waals surface area contributed by atoms with Crippen molar-refractivity contribution in [1.82, 2.24) is 14.5 Å². The first-order valence-corrected chi connectivity index (χ1v) is 12.3. The Balaban J connectivity index is 1.55. The van der Waals surface area contributed by atoms with Crippen LogP contribution in [0.1, 0.15) is 40.9 Å². The first kappa shape index (κ1) is 23.0. The molecule has 37 heavy (non-hydrogen) atoms. The first-order chi connectivity index (χ1) is 17.7. The number of benzene rings is 4. The Morgan fingerprint density at radius 3 is 2.62 bits per heavy atom. The van der Waals surface area contributed by atoms with E-state index in [1.54, 1.807) is 19.9 Å². The number of amides is 1. The number of aromatic nitrogens is 3. The summed E-state index contributed by atoms with van der Waals surface area (Å²) in [7, 11) is 0. The highest BCUT2D eigenvalue weighted by Gasteiger charge is 2.21. The number of carbonyl (C=O) groups excluding carboxylic acids is 1. The van der Waals surface area contributed by atoms with Gasteiger partial charge in [0.25, 0.3) is 5.91 Å². The summed E-state index contributed by atoms with van der Waals surface area (Å²) in [5.74, 6) is -0.483. The van der Waals surface area contributed by atoms with Crippen molar-refractivity contribution in [2.24, 2.45) is 5.73 Å². The van der Waals surface area contributed by atoms with Crippen LogP contribution >= 0.6 is 0 Å². The fraction of sp³-hybridized carbons (Fsp3) is 0.161. The normalized spacial score (nSPS) is 12.1. The summed E-state index contributed by atoms with van der Waals surface area (Å²) >= 11 is 0. The van der Waals surface area contributed by atoms with E-state index in [2.05, 4.69) is 45.7 Å². The van der Waals surface area contributed by atoms with Crippen molar-refractivity contribution in [2.75, 3.05) is 0 Å². The van der Waals surface area contributed by atoms with Gasteiger partial charge in [-0.1, -0.05) is 48.5 Å². The number of aromatic amines is 1. The summed E-state index contributed by atoms with van der Waals surface area (Å²) in [5.41, 5.74) is 14.1. The van der Waals surface area contributed by atoms with Gasteiger partial charge in [-0.2, -0.15) is 0 Å². The fourth-order valence-electron chi connectivity index (χ4n) is 5.29. The molecule has 6 aromatic rings. The molecule has 0 aliphatic rings. The lowest BCUT2D eigenvalue weighted by molar-refractivity contribution is 0.0787. The molecule has 4 aromatic carbocycles. The van der Waals surface area contributed by atoms with E-state index in [-0.39, 0.29) is 0 Å². The molecule has 0 fully saturated rings. The highest BCUT2D eigenvalue weighted by Crippen LogP contribution is 2.39. The van der Waals surface area contributed by atoms with E-state index in [9.17, 15) is 9.90 Å². The molecule has 4 N–H and O–H groups in total. The van der Waals surface area contributed by atoms with Gasteiger partial charge in [-0.3, -0.25) is 4.79 Å². The van der Waals surface area contributed by atoms with E-state index in [0.717, 1.165) is 49.6 Å². The Kier molecular flexibility index (Phi) is 5.17. The lowest BCUT2D eigenvalue weighted by Gasteiger charge is -2.17. The van der Waals surface area contributed by atoms with Gasteiger partial charge in [0.05, 0.1) is 34.0 Å². The van der Waals surface area contributed by atoms with Crippen molar-refractivity contribution in [1.29, 1.82) is 0 Å². The van der Waals surface area contributed by atoms with Gasteiger partial charge in [-0.15, -0.1) is 0 Å². The van der Waals surface area contributed by atoms with Crippen LogP contribution in [0.15, 0.2) is 79.1 Å². The Hall–Kier alpha value is -4.42. The Morgan fingerprint density at radius 1 is 1.03 bits per heavy atom. The van der Waals surface area contributed by atoms with Crippen molar-refractivity contribution >= 4 is 38.7 Å². The van der Waals surface area contributed by atoms with Gasteiger partial charge in [-0.05, 0) is 72.9 Å². The summed E-state index contributed by atoms with van der Waals surface area (Å²) in [6.45, 7) is 6.36. The smallest absolute Gasteiger partial charge is 0.250 e. The summed E-state index contributed by atoms with van der Waals surface area (Å²) in [4.78, 5) is 20.3. The first-order valence-electron chi connectivity index (χ1n) is 12.3. The minimum absolute atomic E-state index is 0.443. The summed E-state index contributed by atoms with van der Waals surface area (Å²) in [5, 5.41) is 12.5. The number of hydrogen-bond donors (Lipinski definition) is 3. The zero-order valence-corrected chi connectivity index (χ0v) is 21.0. The number of fused-ring (bicyclic) bond motifs is 4. The predicted molar refractivity (Wildman–Crippen MR) is 149 cm³/mol. The Labute approximate surface area is 214 Å². The van der Waals surface area contributed by atoms with Gasteiger partial charge in [0.1, 0.15) is 0 Å². The predicted octanol–water partition coefficient (Wildman–Crippen LogP) is 6.02. The molecule has 6 rings (SSSR count). The summed E-state index contributed by atoms with van der Waals surface area (Å²) < 4.78 is 2.16. The monoisotopic (exact) mass is 488 g/mol. The van der Waals surface area contributed by atoms with Gasteiger partial charge in [0.2, 0.25) is 0 Å². The van der Waals surface area contributed by atoms with E-state index in [0.29, 0.717) is 17.6 Å². The summed E-state index contributed by atoms with van der Waals surface area (Å²) in [6.07, 6.45) is 1.89. The van der Waals surface area contributed by atoms with Gasteiger partial charge < -0.3 is 20.4 Å². The van der Waals surface area contributed by atoms with Gasteiger partial charge >= 0.3 is 0 Å². The second-order valence-corrected chi connectivity index (χ2v) is 10.2. The highest BCUT2D eigenvalue weighted by molar-refractivity contribution is 6.20. The minimum atomic E-state index is -0.983. The van der Waals surface area contributed by atoms with E-state index < -0.39 is 11.5 Å². The molecule has 2 aromatic heterocycles. The average Bonchev–Trinajstić information content (AvgIpc) is 3.45. The van der Waals surface area contributed by atoms with Gasteiger partial charge in [-0.25, -0.2) is 4.98 Å². The molecule has 0 unspecified atom stereocenters. The van der Waals surface area contributed by atoms with Crippen molar-refractivity contribution in [2.45, 2.75) is 32.9 Å². The Morgan fingerprint density at radius 2 is 1.84 bits per heavy atom. The third-order valence-electron chi connectivity index (χ3n) is 7.33. The van der Waals surface area contributed by atoms with Crippen LogP contribution in [0.4, 0.5) is 0 Å². The number of H-pyrrole nitrogens is 1. The number of rotatable bonds is 5. The van der Waals surface area contributed by atoms with Crippen LogP contribution in [-0.2, 0) is 12.1 Å². The standard InChI is InChI=1S/C31H28N4O2/c1-18-19(16-35-17-33-25-9-4-5-10-27(25)35)7-6-8-21(18)22-13-14-24(30(32)36)29-28(22)23-12-11-20(31(2,3)37)15-26(23)34-29/h4-15,17,34,37H,16H2,1-3H3,(H2,32,36). The molecule has 0 saturated carbocycles. The number of primary amides is 1. The topological polar surface area (TPSA) is 96.9 Å². The summed E-state index contributed by atoms with van der Waals surface area (Å²) in [6, 6.07) is 24.1. The van der Waals surface area contributed by atoms with E-state index in [4.69, 9.17) is 5.73 Å². The van der Waals surface area contributed by atoms with Crippen LogP contribution in [0.2, 0.25) is 0 Å². The average molecular weight is 489 g/mol. The highest BCUT2D eigenvalue weighted by atomic mass is 16.3. The molecule has 6 nitrogen and oxygen atoms in total. The number of nitrogens with one attached hydrogen (secondary N) is 1.